The largest absolute Gasteiger partial charge is 0.259 e. The summed E-state index contributed by atoms with van der Waals surface area (Å²) in [7, 11) is -3.28. The van der Waals surface area contributed by atoms with E-state index in [9.17, 15) is 8.42 Å². The van der Waals surface area contributed by atoms with E-state index >= 15 is 0 Å². The molecule has 56 valence electrons. The minimum Gasteiger partial charge on any atom is -0.221 e. The lowest BCUT2D eigenvalue weighted by molar-refractivity contribution is 0.595. The smallest absolute Gasteiger partial charge is 0.221 e. The van der Waals surface area contributed by atoms with Gasteiger partial charge in [-0.25, -0.2) is 8.42 Å². The zero-order valence-electron chi connectivity index (χ0n) is 4.91. The minimum absolute atomic E-state index is 0.139. The average Bonchev–Trinajstić information content (AvgIpc) is 2.11. The van der Waals surface area contributed by atoms with Gasteiger partial charge in [0.05, 0.1) is 0 Å². The van der Waals surface area contributed by atoms with Crippen molar-refractivity contribution >= 4 is 33.0 Å². The van der Waals surface area contributed by atoms with Crippen molar-refractivity contribution in [2.75, 3.05) is 6.26 Å². The van der Waals surface area contributed by atoms with Crippen molar-refractivity contribution in [3.63, 3.8) is 0 Å². The fourth-order valence-electron chi connectivity index (χ4n) is 0.343. The van der Waals surface area contributed by atoms with E-state index in [1.165, 1.54) is 0 Å². The Morgan fingerprint density at radius 3 is 2.40 bits per heavy atom. The third-order valence-electron chi connectivity index (χ3n) is 0.714. The summed E-state index contributed by atoms with van der Waals surface area (Å²) in [4.78, 5) is 3.47. The molecule has 10 heavy (non-hydrogen) atoms. The van der Waals surface area contributed by atoms with Crippen LogP contribution < -0.4 is 0 Å². The molecule has 0 atom stereocenters. The van der Waals surface area contributed by atoms with Crippen LogP contribution in [-0.2, 0) is 9.84 Å². The molecule has 0 unspecified atom stereocenters. The summed E-state index contributed by atoms with van der Waals surface area (Å²) in [6.45, 7) is 0. The maximum absolute atomic E-state index is 10.7. The van der Waals surface area contributed by atoms with Gasteiger partial charge in [0.15, 0.2) is 0 Å². The summed E-state index contributed by atoms with van der Waals surface area (Å²) < 4.78 is 25.0. The third-order valence-corrected chi connectivity index (χ3v) is 2.47. The van der Waals surface area contributed by atoms with Gasteiger partial charge in [-0.2, -0.15) is 9.36 Å². The maximum atomic E-state index is 10.7. The van der Waals surface area contributed by atoms with Crippen LogP contribution in [0.5, 0.6) is 0 Å². The zero-order valence-corrected chi connectivity index (χ0v) is 7.29. The van der Waals surface area contributed by atoms with Gasteiger partial charge in [0.25, 0.3) is 5.16 Å². The number of halogens is 1. The van der Waals surface area contributed by atoms with Crippen LogP contribution in [0.4, 0.5) is 0 Å². The fourth-order valence-corrected chi connectivity index (χ4v) is 1.87. The molecule has 4 nitrogen and oxygen atoms in total. The molecule has 0 fully saturated rings. The first-order valence-corrected chi connectivity index (χ1v) is 5.23. The Balaban J connectivity index is 3.21. The fraction of sp³-hybridized carbons (Fsp3) is 0.333. The van der Waals surface area contributed by atoms with Crippen LogP contribution in [0, 0.1) is 0 Å². The van der Waals surface area contributed by atoms with Crippen molar-refractivity contribution < 1.29 is 8.42 Å². The zero-order chi connectivity index (χ0) is 7.78. The van der Waals surface area contributed by atoms with Crippen molar-refractivity contribution in [1.29, 1.82) is 0 Å². The van der Waals surface area contributed by atoms with Gasteiger partial charge < -0.3 is 0 Å². The minimum atomic E-state index is -3.28. The summed E-state index contributed by atoms with van der Waals surface area (Å²) in [5.74, 6) is 0. The molecule has 0 N–H and O–H groups in total. The number of hydrogen-bond donors (Lipinski definition) is 0. The predicted molar refractivity (Wildman–Crippen MR) is 38.0 cm³/mol. The van der Waals surface area contributed by atoms with E-state index in [0.717, 1.165) is 17.8 Å². The molecule has 1 aromatic rings. The summed E-state index contributed by atoms with van der Waals surface area (Å²) in [5, 5.41) is -0.206. The first-order valence-electron chi connectivity index (χ1n) is 2.19. The van der Waals surface area contributed by atoms with E-state index in [0.29, 0.717) is 0 Å². The van der Waals surface area contributed by atoms with Crippen LogP contribution in [0.15, 0.2) is 5.16 Å². The molecule has 7 heteroatoms. The second kappa shape index (κ2) is 2.44. The van der Waals surface area contributed by atoms with E-state index in [4.69, 9.17) is 11.6 Å². The summed E-state index contributed by atoms with van der Waals surface area (Å²) in [6.07, 6.45) is 1.03. The van der Waals surface area contributed by atoms with Crippen LogP contribution in [0.25, 0.3) is 0 Å². The van der Waals surface area contributed by atoms with Gasteiger partial charge in [-0.1, -0.05) is 0 Å². The van der Waals surface area contributed by atoms with Gasteiger partial charge in [-0.3, -0.25) is 0 Å². The lowest BCUT2D eigenvalue weighted by Gasteiger charge is -1.83. The van der Waals surface area contributed by atoms with Gasteiger partial charge in [-0.05, 0) is 23.1 Å². The molecule has 0 bridgehead atoms. The summed E-state index contributed by atoms with van der Waals surface area (Å²) in [6, 6.07) is 0. The molecule has 1 aromatic heterocycles. The van der Waals surface area contributed by atoms with Crippen LogP contribution in [0.2, 0.25) is 4.47 Å². The quantitative estimate of drug-likeness (QED) is 0.663. The molecule has 0 saturated heterocycles. The number of aromatic nitrogens is 2. The van der Waals surface area contributed by atoms with Crippen molar-refractivity contribution in [3.8, 4) is 0 Å². The van der Waals surface area contributed by atoms with E-state index in [1.807, 2.05) is 0 Å². The molecular formula is C3H3ClN2O2S2. The second-order valence-electron chi connectivity index (χ2n) is 1.60. The lowest BCUT2D eigenvalue weighted by atomic mass is 11.3. The standard InChI is InChI=1S/C3H3ClN2O2S2/c1-10(7,8)3-5-2(4)9-6-3/h1H3. The number of sulfone groups is 1. The van der Waals surface area contributed by atoms with E-state index in [-0.39, 0.29) is 9.62 Å². The Labute approximate surface area is 66.9 Å². The van der Waals surface area contributed by atoms with E-state index in [2.05, 4.69) is 9.36 Å². The molecule has 0 aromatic carbocycles. The lowest BCUT2D eigenvalue weighted by Crippen LogP contribution is -1.98. The first kappa shape index (κ1) is 7.90. The van der Waals surface area contributed by atoms with Crippen molar-refractivity contribution in [2.45, 2.75) is 5.16 Å². The number of rotatable bonds is 1. The Morgan fingerprint density at radius 1 is 1.60 bits per heavy atom. The molecule has 0 aliphatic rings. The highest BCUT2D eigenvalue weighted by Crippen LogP contribution is 2.13. The molecule has 1 heterocycles. The van der Waals surface area contributed by atoms with Crippen LogP contribution >= 0.6 is 23.1 Å². The predicted octanol–water partition coefficient (Wildman–Crippen LogP) is 0.595. The van der Waals surface area contributed by atoms with Gasteiger partial charge in [0.1, 0.15) is 0 Å². The Kier molecular flexibility index (Phi) is 1.93. The van der Waals surface area contributed by atoms with Gasteiger partial charge in [-0.15, -0.1) is 0 Å². The average molecular weight is 199 g/mol. The monoisotopic (exact) mass is 198 g/mol. The highest BCUT2D eigenvalue weighted by atomic mass is 35.5. The van der Waals surface area contributed by atoms with Crippen LogP contribution in [-0.4, -0.2) is 24.0 Å². The Hall–Kier alpha value is -0.200. The second-order valence-corrected chi connectivity index (χ2v) is 4.85. The third kappa shape index (κ3) is 1.65. The Morgan fingerprint density at radius 2 is 2.20 bits per heavy atom. The highest BCUT2D eigenvalue weighted by molar-refractivity contribution is 7.90. The topological polar surface area (TPSA) is 59.9 Å². The molecule has 0 amide bonds. The van der Waals surface area contributed by atoms with Gasteiger partial charge in [0.2, 0.25) is 14.3 Å². The SMILES string of the molecule is CS(=O)(=O)c1nsc(Cl)n1. The molecule has 0 saturated carbocycles. The van der Waals surface area contributed by atoms with E-state index < -0.39 is 9.84 Å². The summed E-state index contributed by atoms with van der Waals surface area (Å²) in [5.41, 5.74) is 0. The first-order chi connectivity index (χ1) is 4.50. The molecule has 1 rings (SSSR count). The highest BCUT2D eigenvalue weighted by Gasteiger charge is 2.12. The Bertz CT molecular complexity index is 330. The van der Waals surface area contributed by atoms with Crippen molar-refractivity contribution in [3.05, 3.63) is 4.47 Å². The van der Waals surface area contributed by atoms with Gasteiger partial charge >= 0.3 is 0 Å². The molecule has 0 aliphatic heterocycles. The number of nitrogens with zero attached hydrogens (tertiary/aromatic N) is 2. The van der Waals surface area contributed by atoms with Gasteiger partial charge in [0, 0.05) is 6.26 Å². The molecular weight excluding hydrogens is 196 g/mol. The van der Waals surface area contributed by atoms with Crippen LogP contribution in [0.3, 0.4) is 0 Å². The molecule has 0 radical (unpaired) electrons. The van der Waals surface area contributed by atoms with Crippen molar-refractivity contribution in [2.24, 2.45) is 0 Å². The summed E-state index contributed by atoms with van der Waals surface area (Å²) >= 11 is 6.20. The molecule has 0 spiro atoms. The van der Waals surface area contributed by atoms with Crippen LogP contribution in [0.1, 0.15) is 0 Å². The maximum Gasteiger partial charge on any atom is 0.259 e. The van der Waals surface area contributed by atoms with E-state index in [1.54, 1.807) is 0 Å². The normalized spacial score (nSPS) is 11.8. The number of hydrogen-bond acceptors (Lipinski definition) is 5. The molecule has 0 aliphatic carbocycles. The van der Waals surface area contributed by atoms with Crippen molar-refractivity contribution in [1.82, 2.24) is 9.36 Å².